The Labute approximate surface area is 119 Å². The SMILES string of the molecule is CC(C#N)(c1ccccc1)C(C)(C#N)c1ccccc1. The molecule has 0 aromatic heterocycles. The minimum atomic E-state index is -0.912. The van der Waals surface area contributed by atoms with Crippen molar-refractivity contribution in [3.8, 4) is 12.1 Å². The van der Waals surface area contributed by atoms with Gasteiger partial charge in [-0.2, -0.15) is 10.5 Å². The third-order valence-electron chi connectivity index (χ3n) is 4.15. The van der Waals surface area contributed by atoms with Crippen LogP contribution in [0, 0.1) is 22.7 Å². The topological polar surface area (TPSA) is 47.6 Å². The van der Waals surface area contributed by atoms with Gasteiger partial charge in [-0.3, -0.25) is 0 Å². The molecule has 0 saturated heterocycles. The summed E-state index contributed by atoms with van der Waals surface area (Å²) in [6.45, 7) is 3.66. The van der Waals surface area contributed by atoms with Crippen molar-refractivity contribution in [3.05, 3.63) is 71.8 Å². The Morgan fingerprint density at radius 3 is 1.20 bits per heavy atom. The van der Waals surface area contributed by atoms with Gasteiger partial charge in [-0.05, 0) is 25.0 Å². The average Bonchev–Trinajstić information content (AvgIpc) is 2.54. The Bertz CT molecular complexity index is 603. The van der Waals surface area contributed by atoms with Crippen LogP contribution in [0.4, 0.5) is 0 Å². The average molecular weight is 260 g/mol. The van der Waals surface area contributed by atoms with E-state index in [0.29, 0.717) is 0 Å². The summed E-state index contributed by atoms with van der Waals surface area (Å²) in [5.74, 6) is 0. The number of rotatable bonds is 3. The summed E-state index contributed by atoms with van der Waals surface area (Å²) in [6, 6.07) is 23.7. The lowest BCUT2D eigenvalue weighted by atomic mass is 9.60. The van der Waals surface area contributed by atoms with E-state index >= 15 is 0 Å². The number of hydrogen-bond acceptors (Lipinski definition) is 2. The molecule has 2 rings (SSSR count). The molecule has 2 aromatic rings. The molecular formula is C18H16N2. The van der Waals surface area contributed by atoms with E-state index in [1.807, 2.05) is 74.5 Å². The summed E-state index contributed by atoms with van der Waals surface area (Å²) in [4.78, 5) is 0. The number of nitrogens with zero attached hydrogens (tertiary/aromatic N) is 2. The Balaban J connectivity index is 2.66. The first-order valence-corrected chi connectivity index (χ1v) is 6.52. The minimum Gasteiger partial charge on any atom is -0.197 e. The third kappa shape index (κ3) is 1.96. The van der Waals surface area contributed by atoms with Gasteiger partial charge in [0.05, 0.1) is 12.1 Å². The van der Waals surface area contributed by atoms with Crippen LogP contribution in [0.5, 0.6) is 0 Å². The molecule has 0 fully saturated rings. The van der Waals surface area contributed by atoms with Crippen LogP contribution in [0.25, 0.3) is 0 Å². The van der Waals surface area contributed by atoms with Crippen molar-refractivity contribution in [2.45, 2.75) is 24.7 Å². The van der Waals surface area contributed by atoms with Crippen molar-refractivity contribution >= 4 is 0 Å². The zero-order valence-corrected chi connectivity index (χ0v) is 11.7. The first-order valence-electron chi connectivity index (χ1n) is 6.52. The van der Waals surface area contributed by atoms with E-state index in [4.69, 9.17) is 0 Å². The molecular weight excluding hydrogens is 244 g/mol. The molecule has 0 saturated carbocycles. The highest BCUT2D eigenvalue weighted by Crippen LogP contribution is 2.43. The summed E-state index contributed by atoms with van der Waals surface area (Å²) in [5, 5.41) is 19.5. The standard InChI is InChI=1S/C18H16N2/c1-17(13-19,15-9-5-3-6-10-15)18(2,14-20)16-11-7-4-8-12-16/h3-12H,1-2H3. The van der Waals surface area contributed by atoms with E-state index in [1.54, 1.807) is 0 Å². The van der Waals surface area contributed by atoms with Gasteiger partial charge in [0.2, 0.25) is 0 Å². The maximum absolute atomic E-state index is 9.77. The maximum atomic E-state index is 9.77. The third-order valence-corrected chi connectivity index (χ3v) is 4.15. The summed E-state index contributed by atoms with van der Waals surface area (Å²) in [6.07, 6.45) is 0. The molecule has 0 bridgehead atoms. The fourth-order valence-electron chi connectivity index (χ4n) is 2.47. The molecule has 0 aliphatic rings. The highest BCUT2D eigenvalue weighted by atomic mass is 14.5. The molecule has 0 heterocycles. The van der Waals surface area contributed by atoms with Gasteiger partial charge >= 0.3 is 0 Å². The lowest BCUT2D eigenvalue weighted by Gasteiger charge is -2.37. The molecule has 0 spiro atoms. The van der Waals surface area contributed by atoms with Crippen LogP contribution >= 0.6 is 0 Å². The Morgan fingerprint density at radius 2 is 0.950 bits per heavy atom. The molecule has 2 nitrogen and oxygen atoms in total. The van der Waals surface area contributed by atoms with Crippen molar-refractivity contribution in [2.24, 2.45) is 0 Å². The van der Waals surface area contributed by atoms with Gasteiger partial charge in [-0.25, -0.2) is 0 Å². The lowest BCUT2D eigenvalue weighted by molar-refractivity contribution is 0.407. The second kappa shape index (κ2) is 5.19. The van der Waals surface area contributed by atoms with Crippen molar-refractivity contribution in [2.75, 3.05) is 0 Å². The second-order valence-corrected chi connectivity index (χ2v) is 5.21. The predicted octanol–water partition coefficient (Wildman–Crippen LogP) is 3.95. The van der Waals surface area contributed by atoms with Crippen molar-refractivity contribution < 1.29 is 0 Å². The molecule has 0 amide bonds. The van der Waals surface area contributed by atoms with Crippen molar-refractivity contribution in [1.82, 2.24) is 0 Å². The molecule has 2 atom stereocenters. The van der Waals surface area contributed by atoms with E-state index in [0.717, 1.165) is 11.1 Å². The van der Waals surface area contributed by atoms with E-state index < -0.39 is 10.8 Å². The van der Waals surface area contributed by atoms with Gasteiger partial charge in [-0.1, -0.05) is 60.7 Å². The monoisotopic (exact) mass is 260 g/mol. The summed E-state index contributed by atoms with van der Waals surface area (Å²) < 4.78 is 0. The van der Waals surface area contributed by atoms with Gasteiger partial charge in [0.25, 0.3) is 0 Å². The predicted molar refractivity (Wildman–Crippen MR) is 78.8 cm³/mol. The van der Waals surface area contributed by atoms with E-state index in [-0.39, 0.29) is 0 Å². The van der Waals surface area contributed by atoms with Crippen LogP contribution < -0.4 is 0 Å². The molecule has 20 heavy (non-hydrogen) atoms. The quantitative estimate of drug-likeness (QED) is 0.838. The minimum absolute atomic E-state index is 0.857. The zero-order valence-electron chi connectivity index (χ0n) is 11.7. The highest BCUT2D eigenvalue weighted by molar-refractivity contribution is 5.47. The number of nitriles is 2. The van der Waals surface area contributed by atoms with Crippen LogP contribution in [0.2, 0.25) is 0 Å². The summed E-state index contributed by atoms with van der Waals surface area (Å²) in [7, 11) is 0. The molecule has 0 radical (unpaired) electrons. The van der Waals surface area contributed by atoms with Gasteiger partial charge in [0.1, 0.15) is 10.8 Å². The van der Waals surface area contributed by atoms with Gasteiger partial charge < -0.3 is 0 Å². The summed E-state index contributed by atoms with van der Waals surface area (Å²) >= 11 is 0. The fraction of sp³-hybridized carbons (Fsp3) is 0.222. The zero-order chi connectivity index (χ0) is 14.6. The van der Waals surface area contributed by atoms with Gasteiger partial charge in [-0.15, -0.1) is 0 Å². The first-order chi connectivity index (χ1) is 9.58. The van der Waals surface area contributed by atoms with Crippen LogP contribution in [-0.4, -0.2) is 0 Å². The Hall–Kier alpha value is -2.58. The normalized spacial score (nSPS) is 16.2. The molecule has 0 N–H and O–H groups in total. The lowest BCUT2D eigenvalue weighted by Crippen LogP contribution is -2.43. The smallest absolute Gasteiger partial charge is 0.102 e. The molecule has 2 unspecified atom stereocenters. The molecule has 2 heteroatoms. The first kappa shape index (κ1) is 13.8. The highest BCUT2D eigenvalue weighted by Gasteiger charge is 2.48. The van der Waals surface area contributed by atoms with Gasteiger partial charge in [0, 0.05) is 0 Å². The molecule has 98 valence electrons. The van der Waals surface area contributed by atoms with Gasteiger partial charge in [0.15, 0.2) is 0 Å². The number of hydrogen-bond donors (Lipinski definition) is 0. The second-order valence-electron chi connectivity index (χ2n) is 5.21. The molecule has 0 aliphatic heterocycles. The molecule has 0 aliphatic carbocycles. The van der Waals surface area contributed by atoms with Crippen molar-refractivity contribution in [3.63, 3.8) is 0 Å². The Kier molecular flexibility index (Phi) is 3.59. The van der Waals surface area contributed by atoms with E-state index in [1.165, 1.54) is 0 Å². The Morgan fingerprint density at radius 1 is 0.650 bits per heavy atom. The van der Waals surface area contributed by atoms with E-state index in [9.17, 15) is 10.5 Å². The van der Waals surface area contributed by atoms with Crippen molar-refractivity contribution in [1.29, 1.82) is 10.5 Å². The van der Waals surface area contributed by atoms with Crippen LogP contribution in [0.1, 0.15) is 25.0 Å². The fourth-order valence-corrected chi connectivity index (χ4v) is 2.47. The maximum Gasteiger partial charge on any atom is 0.102 e. The van der Waals surface area contributed by atoms with Crippen LogP contribution in [-0.2, 0) is 10.8 Å². The number of benzene rings is 2. The summed E-state index contributed by atoms with van der Waals surface area (Å²) in [5.41, 5.74) is -0.111. The van der Waals surface area contributed by atoms with Crippen LogP contribution in [0.15, 0.2) is 60.7 Å². The van der Waals surface area contributed by atoms with Crippen LogP contribution in [0.3, 0.4) is 0 Å². The van der Waals surface area contributed by atoms with E-state index in [2.05, 4.69) is 12.1 Å². The molecule has 2 aromatic carbocycles. The largest absolute Gasteiger partial charge is 0.197 e.